The van der Waals surface area contributed by atoms with Crippen molar-refractivity contribution < 1.29 is 14.7 Å². The van der Waals surface area contributed by atoms with Crippen LogP contribution in [0.15, 0.2) is 15.9 Å². The van der Waals surface area contributed by atoms with E-state index in [2.05, 4.69) is 21.2 Å². The monoisotopic (exact) mass is 364 g/mol. The Bertz CT molecular complexity index is 480. The highest BCUT2D eigenvalue weighted by Gasteiger charge is 2.32. The van der Waals surface area contributed by atoms with Crippen LogP contribution in [0, 0.1) is 0 Å². The highest BCUT2D eigenvalue weighted by atomic mass is 79.9. The predicted molar refractivity (Wildman–Crippen MR) is 79.7 cm³/mol. The van der Waals surface area contributed by atoms with Gasteiger partial charge in [0.1, 0.15) is 6.04 Å². The number of carboxylic acid groups (broad SMARTS) is 1. The van der Waals surface area contributed by atoms with Crippen molar-refractivity contribution in [3.63, 3.8) is 0 Å². The molecule has 1 aliphatic heterocycles. The van der Waals surface area contributed by atoms with Gasteiger partial charge < -0.3 is 15.3 Å². The Balaban J connectivity index is 1.92. The van der Waals surface area contributed by atoms with Gasteiger partial charge in [0, 0.05) is 32.8 Å². The third-order valence-corrected chi connectivity index (χ3v) is 5.43. The minimum atomic E-state index is -0.943. The number of carbonyl (C=O) groups excluding carboxylic acids is 1. The molecule has 0 aromatic carbocycles. The molecule has 1 atom stereocenters. The van der Waals surface area contributed by atoms with Gasteiger partial charge in [0.2, 0.25) is 0 Å². The third kappa shape index (κ3) is 3.87. The Morgan fingerprint density at radius 2 is 2.37 bits per heavy atom. The molecule has 5 nitrogen and oxygen atoms in total. The van der Waals surface area contributed by atoms with Crippen molar-refractivity contribution in [1.82, 2.24) is 10.2 Å². The van der Waals surface area contributed by atoms with Gasteiger partial charge >= 0.3 is 12.0 Å². The first-order valence-corrected chi connectivity index (χ1v) is 8.48. The molecule has 1 unspecified atom stereocenters. The van der Waals surface area contributed by atoms with E-state index in [1.54, 1.807) is 23.1 Å². The van der Waals surface area contributed by atoms with Crippen molar-refractivity contribution >= 4 is 51.0 Å². The zero-order valence-corrected chi connectivity index (χ0v) is 13.2. The Hall–Kier alpha value is -0.730. The molecule has 1 fully saturated rings. The highest BCUT2D eigenvalue weighted by molar-refractivity contribution is 9.10. The SMILES string of the molecule is O=C(O)C1CSCCN1C(=O)NCc1cc(Br)cs1. The Morgan fingerprint density at radius 1 is 1.58 bits per heavy atom. The molecule has 8 heteroatoms. The van der Waals surface area contributed by atoms with E-state index in [1.165, 1.54) is 4.90 Å². The van der Waals surface area contributed by atoms with Crippen LogP contribution in [0.1, 0.15) is 4.88 Å². The largest absolute Gasteiger partial charge is 0.480 e. The van der Waals surface area contributed by atoms with Crippen molar-refractivity contribution in [2.24, 2.45) is 0 Å². The number of hydrogen-bond acceptors (Lipinski definition) is 4. The van der Waals surface area contributed by atoms with Crippen LogP contribution in [-0.2, 0) is 11.3 Å². The summed E-state index contributed by atoms with van der Waals surface area (Å²) in [7, 11) is 0. The molecule has 104 valence electrons. The molecule has 1 aromatic rings. The van der Waals surface area contributed by atoms with E-state index in [-0.39, 0.29) is 6.03 Å². The first-order valence-electron chi connectivity index (χ1n) is 5.66. The van der Waals surface area contributed by atoms with Crippen LogP contribution in [0.3, 0.4) is 0 Å². The van der Waals surface area contributed by atoms with Crippen LogP contribution in [0.5, 0.6) is 0 Å². The summed E-state index contributed by atoms with van der Waals surface area (Å²) in [4.78, 5) is 25.6. The van der Waals surface area contributed by atoms with Crippen LogP contribution in [0.2, 0.25) is 0 Å². The minimum Gasteiger partial charge on any atom is -0.480 e. The second-order valence-corrected chi connectivity index (χ2v) is 7.07. The first kappa shape index (κ1) is 14.7. The molecule has 0 saturated carbocycles. The van der Waals surface area contributed by atoms with E-state index in [9.17, 15) is 9.59 Å². The average Bonchev–Trinajstić information content (AvgIpc) is 2.81. The number of thioether (sulfide) groups is 1. The fraction of sp³-hybridized carbons (Fsp3) is 0.455. The lowest BCUT2D eigenvalue weighted by molar-refractivity contribution is -0.141. The number of carboxylic acids is 1. The normalized spacial score (nSPS) is 19.2. The molecule has 1 aromatic heterocycles. The molecule has 1 saturated heterocycles. The van der Waals surface area contributed by atoms with E-state index >= 15 is 0 Å². The fourth-order valence-corrected chi connectivity index (χ4v) is 4.19. The summed E-state index contributed by atoms with van der Waals surface area (Å²) < 4.78 is 0.986. The summed E-state index contributed by atoms with van der Waals surface area (Å²) in [5.41, 5.74) is 0. The molecule has 2 amide bonds. The van der Waals surface area contributed by atoms with Crippen molar-refractivity contribution in [3.05, 3.63) is 20.8 Å². The highest BCUT2D eigenvalue weighted by Crippen LogP contribution is 2.20. The van der Waals surface area contributed by atoms with E-state index in [0.29, 0.717) is 18.8 Å². The van der Waals surface area contributed by atoms with Gasteiger partial charge in [-0.05, 0) is 22.0 Å². The van der Waals surface area contributed by atoms with Gasteiger partial charge in [-0.1, -0.05) is 0 Å². The maximum absolute atomic E-state index is 12.0. The molecule has 2 rings (SSSR count). The van der Waals surface area contributed by atoms with Crippen LogP contribution in [0.4, 0.5) is 4.79 Å². The summed E-state index contributed by atoms with van der Waals surface area (Å²) in [6, 6.07) is 0.900. The maximum atomic E-state index is 12.0. The molecule has 0 spiro atoms. The lowest BCUT2D eigenvalue weighted by Crippen LogP contribution is -2.53. The van der Waals surface area contributed by atoms with Crippen molar-refractivity contribution in [2.75, 3.05) is 18.1 Å². The number of hydrogen-bond donors (Lipinski definition) is 2. The van der Waals surface area contributed by atoms with E-state index in [4.69, 9.17) is 5.11 Å². The van der Waals surface area contributed by atoms with Gasteiger partial charge in [-0.25, -0.2) is 9.59 Å². The number of halogens is 1. The lowest BCUT2D eigenvalue weighted by atomic mass is 10.3. The zero-order chi connectivity index (χ0) is 13.8. The van der Waals surface area contributed by atoms with Crippen LogP contribution in [-0.4, -0.2) is 46.1 Å². The molecular formula is C11H13BrN2O3S2. The number of rotatable bonds is 3. The molecule has 2 N–H and O–H groups in total. The average molecular weight is 365 g/mol. The number of amides is 2. The predicted octanol–water partition coefficient (Wildman–Crippen LogP) is 2.22. The quantitative estimate of drug-likeness (QED) is 0.862. The molecule has 1 aliphatic rings. The number of nitrogens with one attached hydrogen (secondary N) is 1. The molecule has 0 radical (unpaired) electrons. The number of thiophene rings is 1. The van der Waals surface area contributed by atoms with Gasteiger partial charge in [-0.15, -0.1) is 11.3 Å². The van der Waals surface area contributed by atoms with Gasteiger partial charge in [0.25, 0.3) is 0 Å². The minimum absolute atomic E-state index is 0.308. The van der Waals surface area contributed by atoms with Crippen LogP contribution < -0.4 is 5.32 Å². The summed E-state index contributed by atoms with van der Waals surface area (Å²) in [6.07, 6.45) is 0. The third-order valence-electron chi connectivity index (χ3n) is 2.71. The smallest absolute Gasteiger partial charge is 0.327 e. The number of nitrogens with zero attached hydrogens (tertiary/aromatic N) is 1. The van der Waals surface area contributed by atoms with Gasteiger partial charge in [-0.3, -0.25) is 0 Å². The molecule has 0 bridgehead atoms. The van der Waals surface area contributed by atoms with E-state index < -0.39 is 12.0 Å². The molecular weight excluding hydrogens is 352 g/mol. The number of carbonyl (C=O) groups is 2. The van der Waals surface area contributed by atoms with E-state index in [1.807, 2.05) is 11.4 Å². The topological polar surface area (TPSA) is 69.6 Å². The summed E-state index contributed by atoms with van der Waals surface area (Å²) in [5.74, 6) is 0.288. The number of aliphatic carboxylic acids is 1. The molecule has 0 aliphatic carbocycles. The van der Waals surface area contributed by atoms with Crippen molar-refractivity contribution in [3.8, 4) is 0 Å². The van der Waals surface area contributed by atoms with E-state index in [0.717, 1.165) is 15.1 Å². The first-order chi connectivity index (χ1) is 9.08. The van der Waals surface area contributed by atoms with Crippen molar-refractivity contribution in [2.45, 2.75) is 12.6 Å². The Labute approximate surface area is 127 Å². The molecule has 2 heterocycles. The summed E-state index contributed by atoms with van der Waals surface area (Å²) in [5, 5.41) is 13.8. The number of urea groups is 1. The molecule has 19 heavy (non-hydrogen) atoms. The lowest BCUT2D eigenvalue weighted by Gasteiger charge is -2.32. The second kappa shape index (κ2) is 6.62. The Morgan fingerprint density at radius 3 is 3.00 bits per heavy atom. The summed E-state index contributed by atoms with van der Waals surface area (Å²) in [6.45, 7) is 0.896. The van der Waals surface area contributed by atoms with Crippen molar-refractivity contribution in [1.29, 1.82) is 0 Å². The Kier molecular flexibility index (Phi) is 5.12. The van der Waals surface area contributed by atoms with Crippen LogP contribution >= 0.6 is 39.0 Å². The van der Waals surface area contributed by atoms with Gasteiger partial charge in [0.15, 0.2) is 0 Å². The maximum Gasteiger partial charge on any atom is 0.327 e. The fourth-order valence-electron chi connectivity index (χ4n) is 1.76. The zero-order valence-electron chi connectivity index (χ0n) is 9.97. The second-order valence-electron chi connectivity index (χ2n) is 4.01. The van der Waals surface area contributed by atoms with Gasteiger partial charge in [0.05, 0.1) is 6.54 Å². The standard InChI is InChI=1S/C11H13BrN2O3S2/c12-7-3-8(19-5-7)4-13-11(17)14-1-2-18-6-9(14)10(15)16/h3,5,9H,1-2,4,6H2,(H,13,17)(H,15,16). The van der Waals surface area contributed by atoms with Gasteiger partial charge in [-0.2, -0.15) is 11.8 Å². The van der Waals surface area contributed by atoms with Crippen LogP contribution in [0.25, 0.3) is 0 Å². The summed E-state index contributed by atoms with van der Waals surface area (Å²) >= 11 is 6.46.